The third kappa shape index (κ3) is 8.03. The fourth-order valence-corrected chi connectivity index (χ4v) is 4.26. The van der Waals surface area contributed by atoms with Gasteiger partial charge in [0.2, 0.25) is 5.91 Å². The Morgan fingerprint density at radius 2 is 2.00 bits per heavy atom. The number of rotatable bonds is 11. The van der Waals surface area contributed by atoms with Crippen LogP contribution in [0.3, 0.4) is 0 Å². The van der Waals surface area contributed by atoms with E-state index in [1.807, 2.05) is 6.07 Å². The van der Waals surface area contributed by atoms with Gasteiger partial charge in [-0.05, 0) is 24.6 Å². The summed E-state index contributed by atoms with van der Waals surface area (Å²) < 4.78 is 0.717. The molecule has 0 saturated heterocycles. The van der Waals surface area contributed by atoms with E-state index in [-0.39, 0.29) is 17.7 Å². The van der Waals surface area contributed by atoms with Crippen LogP contribution in [0.4, 0.5) is 21.3 Å². The number of thioether (sulfide) groups is 1. The first-order valence-electron chi connectivity index (χ1n) is 9.65. The number of unbranched alkanes of at least 4 members (excludes halogenated alkanes) is 3. The maximum absolute atomic E-state index is 13.0. The zero-order valence-corrected chi connectivity index (χ0v) is 18.6. The third-order valence-electron chi connectivity index (χ3n) is 3.99. The van der Waals surface area contributed by atoms with Gasteiger partial charge in [-0.3, -0.25) is 19.8 Å². The monoisotopic (exact) mass is 450 g/mol. The number of thiazole rings is 1. The van der Waals surface area contributed by atoms with Crippen LogP contribution in [0.25, 0.3) is 0 Å². The van der Waals surface area contributed by atoms with Crippen LogP contribution in [0.5, 0.6) is 0 Å². The van der Waals surface area contributed by atoms with Crippen molar-refractivity contribution in [3.05, 3.63) is 30.5 Å². The standard InChI is InChI=1S/C20H26N4O4S2/c1-3-4-5-6-10-24(16-9-7-8-15(11-16)22-14(2)25)20(28)23-19-21-12-18(30-19)29-13-17(26)27/h7-9,11-12H,3-6,10,13H2,1-2H3,(H,22,25)(H,26,27)(H,21,23,28). The highest BCUT2D eigenvalue weighted by molar-refractivity contribution is 8.01. The predicted octanol–water partition coefficient (Wildman–Crippen LogP) is 4.90. The number of carbonyl (C=O) groups excluding carboxylic acids is 2. The van der Waals surface area contributed by atoms with Crippen molar-refractivity contribution in [3.63, 3.8) is 0 Å². The summed E-state index contributed by atoms with van der Waals surface area (Å²) in [5.74, 6) is -1.15. The predicted molar refractivity (Wildman–Crippen MR) is 122 cm³/mol. The molecule has 8 nitrogen and oxygen atoms in total. The number of anilines is 3. The fraction of sp³-hybridized carbons (Fsp3) is 0.400. The molecule has 0 fully saturated rings. The molecular weight excluding hydrogens is 424 g/mol. The van der Waals surface area contributed by atoms with Crippen molar-refractivity contribution in [2.24, 2.45) is 0 Å². The van der Waals surface area contributed by atoms with E-state index in [0.717, 1.165) is 41.7 Å². The van der Waals surface area contributed by atoms with Crippen molar-refractivity contribution in [1.29, 1.82) is 0 Å². The van der Waals surface area contributed by atoms with E-state index >= 15 is 0 Å². The van der Waals surface area contributed by atoms with E-state index in [0.29, 0.717) is 23.1 Å². The first kappa shape index (κ1) is 23.7. The molecule has 0 radical (unpaired) electrons. The van der Waals surface area contributed by atoms with E-state index < -0.39 is 5.97 Å². The quantitative estimate of drug-likeness (QED) is 0.332. The van der Waals surface area contributed by atoms with E-state index in [4.69, 9.17) is 5.11 Å². The second-order valence-corrected chi connectivity index (χ2v) is 8.85. The average Bonchev–Trinajstić information content (AvgIpc) is 3.13. The van der Waals surface area contributed by atoms with Crippen molar-refractivity contribution >= 4 is 57.5 Å². The lowest BCUT2D eigenvalue weighted by Gasteiger charge is -2.23. The summed E-state index contributed by atoms with van der Waals surface area (Å²) >= 11 is 2.39. The summed E-state index contributed by atoms with van der Waals surface area (Å²) in [4.78, 5) is 40.8. The topological polar surface area (TPSA) is 112 Å². The van der Waals surface area contributed by atoms with Crippen LogP contribution >= 0.6 is 23.1 Å². The van der Waals surface area contributed by atoms with Crippen LogP contribution in [-0.2, 0) is 9.59 Å². The zero-order valence-electron chi connectivity index (χ0n) is 17.0. The van der Waals surface area contributed by atoms with Gasteiger partial charge in [0, 0.05) is 24.8 Å². The molecule has 0 aliphatic carbocycles. The molecular formula is C20H26N4O4S2. The molecule has 30 heavy (non-hydrogen) atoms. The maximum atomic E-state index is 13.0. The number of hydrogen-bond acceptors (Lipinski definition) is 6. The van der Waals surface area contributed by atoms with E-state index in [1.165, 1.54) is 18.3 Å². The van der Waals surface area contributed by atoms with Crippen molar-refractivity contribution in [2.45, 2.75) is 43.7 Å². The van der Waals surface area contributed by atoms with E-state index in [1.54, 1.807) is 29.3 Å². The number of carbonyl (C=O) groups is 3. The average molecular weight is 451 g/mol. The van der Waals surface area contributed by atoms with Gasteiger partial charge in [0.15, 0.2) is 5.13 Å². The number of carboxylic acids is 1. The van der Waals surface area contributed by atoms with Gasteiger partial charge in [-0.1, -0.05) is 43.6 Å². The summed E-state index contributed by atoms with van der Waals surface area (Å²) in [6.45, 7) is 4.09. The van der Waals surface area contributed by atoms with Gasteiger partial charge >= 0.3 is 12.0 Å². The van der Waals surface area contributed by atoms with Gasteiger partial charge in [-0.25, -0.2) is 9.78 Å². The minimum atomic E-state index is -0.906. The number of amides is 3. The van der Waals surface area contributed by atoms with Gasteiger partial charge in [-0.15, -0.1) is 11.8 Å². The Kier molecular flexibility index (Phi) is 9.62. The summed E-state index contributed by atoms with van der Waals surface area (Å²) in [6, 6.07) is 6.81. The van der Waals surface area contributed by atoms with Gasteiger partial charge in [-0.2, -0.15) is 0 Å². The number of aromatic nitrogens is 1. The van der Waals surface area contributed by atoms with E-state index in [2.05, 4.69) is 22.5 Å². The molecule has 0 spiro atoms. The van der Waals surface area contributed by atoms with Crippen LogP contribution in [-0.4, -0.2) is 40.3 Å². The van der Waals surface area contributed by atoms with Crippen LogP contribution < -0.4 is 15.5 Å². The van der Waals surface area contributed by atoms with Crippen LogP contribution in [0.2, 0.25) is 0 Å². The number of aliphatic carboxylic acids is 1. The van der Waals surface area contributed by atoms with Gasteiger partial charge in [0.1, 0.15) is 0 Å². The van der Waals surface area contributed by atoms with Gasteiger partial charge < -0.3 is 10.4 Å². The summed E-state index contributed by atoms with van der Waals surface area (Å²) in [5, 5.41) is 14.7. The van der Waals surface area contributed by atoms with Crippen molar-refractivity contribution in [3.8, 4) is 0 Å². The lowest BCUT2D eigenvalue weighted by Crippen LogP contribution is -2.35. The maximum Gasteiger partial charge on any atom is 0.328 e. The molecule has 0 atom stereocenters. The summed E-state index contributed by atoms with van der Waals surface area (Å²) in [7, 11) is 0. The Balaban J connectivity index is 2.12. The Morgan fingerprint density at radius 3 is 2.70 bits per heavy atom. The number of nitrogens with one attached hydrogen (secondary N) is 2. The highest BCUT2D eigenvalue weighted by Gasteiger charge is 2.18. The second-order valence-electron chi connectivity index (χ2n) is 6.54. The molecule has 0 aliphatic rings. The normalized spacial score (nSPS) is 10.5. The number of carboxylic acid groups (broad SMARTS) is 1. The molecule has 162 valence electrons. The lowest BCUT2D eigenvalue weighted by molar-refractivity contribution is -0.133. The highest BCUT2D eigenvalue weighted by Crippen LogP contribution is 2.29. The molecule has 2 rings (SSSR count). The Bertz CT molecular complexity index is 872. The molecule has 10 heteroatoms. The van der Waals surface area contributed by atoms with Crippen LogP contribution in [0, 0.1) is 0 Å². The summed E-state index contributed by atoms with van der Waals surface area (Å²) in [6.07, 6.45) is 5.61. The fourth-order valence-electron chi connectivity index (χ4n) is 2.68. The van der Waals surface area contributed by atoms with Crippen LogP contribution in [0.15, 0.2) is 34.7 Å². The molecule has 1 aromatic carbocycles. The minimum Gasteiger partial charge on any atom is -0.481 e. The van der Waals surface area contributed by atoms with Gasteiger partial charge in [0.25, 0.3) is 0 Å². The largest absolute Gasteiger partial charge is 0.481 e. The number of benzene rings is 1. The Hall–Kier alpha value is -2.59. The van der Waals surface area contributed by atoms with Gasteiger partial charge in [0.05, 0.1) is 16.2 Å². The number of hydrogen-bond donors (Lipinski definition) is 3. The second kappa shape index (κ2) is 12.2. The molecule has 2 aromatic rings. The molecule has 0 unspecified atom stereocenters. The van der Waals surface area contributed by atoms with E-state index in [9.17, 15) is 14.4 Å². The Labute approximate surface area is 184 Å². The Morgan fingerprint density at radius 1 is 1.20 bits per heavy atom. The minimum absolute atomic E-state index is 0.0604. The molecule has 3 amide bonds. The molecule has 1 aromatic heterocycles. The lowest BCUT2D eigenvalue weighted by atomic mass is 10.2. The highest BCUT2D eigenvalue weighted by atomic mass is 32.2. The first-order chi connectivity index (χ1) is 14.4. The smallest absolute Gasteiger partial charge is 0.328 e. The molecule has 0 aliphatic heterocycles. The number of nitrogens with zero attached hydrogens (tertiary/aromatic N) is 2. The van der Waals surface area contributed by atoms with Crippen molar-refractivity contribution in [1.82, 2.24) is 4.98 Å². The zero-order chi connectivity index (χ0) is 21.9. The van der Waals surface area contributed by atoms with Crippen molar-refractivity contribution in [2.75, 3.05) is 27.8 Å². The molecule has 0 bridgehead atoms. The first-order valence-corrected chi connectivity index (χ1v) is 11.5. The molecule has 0 saturated carbocycles. The third-order valence-corrected chi connectivity index (χ3v) is 6.09. The number of urea groups is 1. The molecule has 3 N–H and O–H groups in total. The van der Waals surface area contributed by atoms with Crippen LogP contribution in [0.1, 0.15) is 39.5 Å². The SMILES string of the molecule is CCCCCCN(C(=O)Nc1ncc(SCC(=O)O)s1)c1cccc(NC(C)=O)c1. The van der Waals surface area contributed by atoms with Crippen molar-refractivity contribution < 1.29 is 19.5 Å². The summed E-state index contributed by atoms with van der Waals surface area (Å²) in [5.41, 5.74) is 1.29. The molecule has 1 heterocycles.